The third-order valence-electron chi connectivity index (χ3n) is 2.67. The number of carbonyl (C=O) groups is 1. The van der Waals surface area contributed by atoms with Crippen LogP contribution in [0.2, 0.25) is 5.02 Å². The number of hydrogen-bond acceptors (Lipinski definition) is 3. The molecule has 0 saturated heterocycles. The predicted octanol–water partition coefficient (Wildman–Crippen LogP) is 2.59. The van der Waals surface area contributed by atoms with Gasteiger partial charge in [0, 0.05) is 11.6 Å². The highest BCUT2D eigenvalue weighted by atomic mass is 79.9. The van der Waals surface area contributed by atoms with E-state index in [1.165, 1.54) is 12.8 Å². The molecule has 0 spiro atoms. The maximum atomic E-state index is 11.5. The predicted molar refractivity (Wildman–Crippen MR) is 74.8 cm³/mol. The lowest BCUT2D eigenvalue weighted by Gasteiger charge is -2.11. The van der Waals surface area contributed by atoms with Crippen LogP contribution in [-0.2, 0) is 4.79 Å². The Morgan fingerprint density at radius 2 is 2.28 bits per heavy atom. The van der Waals surface area contributed by atoms with Gasteiger partial charge in [-0.25, -0.2) is 0 Å². The monoisotopic (exact) mass is 332 g/mol. The highest BCUT2D eigenvalue weighted by molar-refractivity contribution is 9.10. The van der Waals surface area contributed by atoms with Gasteiger partial charge in [-0.1, -0.05) is 11.6 Å². The van der Waals surface area contributed by atoms with Crippen molar-refractivity contribution in [3.05, 3.63) is 21.6 Å². The zero-order valence-corrected chi connectivity index (χ0v) is 12.1. The van der Waals surface area contributed by atoms with Crippen LogP contribution in [-0.4, -0.2) is 19.1 Å². The number of amides is 1. The van der Waals surface area contributed by atoms with E-state index >= 15 is 0 Å². The largest absolute Gasteiger partial charge is 0.480 e. The Morgan fingerprint density at radius 1 is 1.56 bits per heavy atom. The standard InChI is InChI=1S/C12H14BrClN2O2/c13-9-3-8(14)4-10(15)12(9)18-6-11(17)16-5-7-1-2-7/h3-4,7H,1-2,5-6,15H2,(H,16,17). The Hall–Kier alpha value is -0.940. The Balaban J connectivity index is 1.86. The number of nitrogen functional groups attached to an aromatic ring is 1. The minimum absolute atomic E-state index is 0.0445. The zero-order chi connectivity index (χ0) is 13.1. The van der Waals surface area contributed by atoms with E-state index in [-0.39, 0.29) is 12.5 Å². The fourth-order valence-electron chi connectivity index (χ4n) is 1.50. The van der Waals surface area contributed by atoms with E-state index in [0.29, 0.717) is 26.9 Å². The van der Waals surface area contributed by atoms with Gasteiger partial charge in [-0.2, -0.15) is 0 Å². The molecular weight excluding hydrogens is 320 g/mol. The topological polar surface area (TPSA) is 64.3 Å². The molecule has 0 atom stereocenters. The summed E-state index contributed by atoms with van der Waals surface area (Å²) in [6.07, 6.45) is 2.41. The van der Waals surface area contributed by atoms with Gasteiger partial charge in [0.05, 0.1) is 10.2 Å². The van der Waals surface area contributed by atoms with Crippen molar-refractivity contribution in [2.75, 3.05) is 18.9 Å². The van der Waals surface area contributed by atoms with E-state index in [9.17, 15) is 4.79 Å². The summed E-state index contributed by atoms with van der Waals surface area (Å²) in [4.78, 5) is 11.5. The third kappa shape index (κ3) is 3.78. The van der Waals surface area contributed by atoms with Crippen molar-refractivity contribution >= 4 is 39.1 Å². The first kappa shape index (κ1) is 13.5. The van der Waals surface area contributed by atoms with Crippen LogP contribution in [0, 0.1) is 5.92 Å². The normalized spacial score (nSPS) is 14.3. The van der Waals surface area contributed by atoms with Gasteiger partial charge in [-0.15, -0.1) is 0 Å². The van der Waals surface area contributed by atoms with Crippen LogP contribution in [0.1, 0.15) is 12.8 Å². The Morgan fingerprint density at radius 3 is 2.89 bits per heavy atom. The zero-order valence-electron chi connectivity index (χ0n) is 9.71. The number of rotatable bonds is 5. The van der Waals surface area contributed by atoms with Crippen LogP contribution in [0.5, 0.6) is 5.75 Å². The molecule has 4 nitrogen and oxygen atoms in total. The number of nitrogens with two attached hydrogens (primary N) is 1. The lowest BCUT2D eigenvalue weighted by molar-refractivity contribution is -0.123. The summed E-state index contributed by atoms with van der Waals surface area (Å²) in [6, 6.07) is 3.26. The smallest absolute Gasteiger partial charge is 0.257 e. The van der Waals surface area contributed by atoms with Crippen LogP contribution in [0.4, 0.5) is 5.69 Å². The molecular formula is C12H14BrClN2O2. The summed E-state index contributed by atoms with van der Waals surface area (Å²) in [5, 5.41) is 3.34. The highest BCUT2D eigenvalue weighted by Gasteiger charge is 2.21. The van der Waals surface area contributed by atoms with Crippen LogP contribution in [0.15, 0.2) is 16.6 Å². The number of ether oxygens (including phenoxy) is 1. The van der Waals surface area contributed by atoms with E-state index in [0.717, 1.165) is 6.54 Å². The van der Waals surface area contributed by atoms with Crippen molar-refractivity contribution in [1.29, 1.82) is 0 Å². The lowest BCUT2D eigenvalue weighted by atomic mass is 10.3. The SMILES string of the molecule is Nc1cc(Cl)cc(Br)c1OCC(=O)NCC1CC1. The first-order chi connectivity index (χ1) is 8.56. The van der Waals surface area contributed by atoms with Crippen LogP contribution in [0.3, 0.4) is 0 Å². The molecule has 1 saturated carbocycles. The first-order valence-corrected chi connectivity index (χ1v) is 6.87. The molecule has 1 aliphatic rings. The van der Waals surface area contributed by atoms with E-state index in [2.05, 4.69) is 21.2 Å². The summed E-state index contributed by atoms with van der Waals surface area (Å²) in [5.74, 6) is 0.963. The molecule has 0 heterocycles. The summed E-state index contributed by atoms with van der Waals surface area (Å²) in [6.45, 7) is 0.691. The molecule has 0 radical (unpaired) electrons. The van der Waals surface area contributed by atoms with Crippen LogP contribution in [0.25, 0.3) is 0 Å². The Kier molecular flexibility index (Phi) is 4.35. The summed E-state index contributed by atoms with van der Waals surface area (Å²) in [7, 11) is 0. The quantitative estimate of drug-likeness (QED) is 0.814. The Bertz CT molecular complexity index is 440. The van der Waals surface area contributed by atoms with E-state index in [4.69, 9.17) is 22.1 Å². The molecule has 6 heteroatoms. The van der Waals surface area contributed by atoms with Gasteiger partial charge >= 0.3 is 0 Å². The molecule has 2 rings (SSSR count). The van der Waals surface area contributed by atoms with Gasteiger partial charge in [0.1, 0.15) is 0 Å². The fourth-order valence-corrected chi connectivity index (χ4v) is 2.45. The second-order valence-electron chi connectivity index (χ2n) is 4.34. The van der Waals surface area contributed by atoms with Crippen molar-refractivity contribution < 1.29 is 9.53 Å². The number of nitrogens with one attached hydrogen (secondary N) is 1. The van der Waals surface area contributed by atoms with Crippen LogP contribution < -0.4 is 15.8 Å². The third-order valence-corrected chi connectivity index (χ3v) is 3.48. The summed E-state index contributed by atoms with van der Waals surface area (Å²) in [5.41, 5.74) is 6.18. The number of carbonyl (C=O) groups excluding carboxylic acids is 1. The minimum atomic E-state index is -0.136. The van der Waals surface area contributed by atoms with Gasteiger partial charge in [-0.3, -0.25) is 4.79 Å². The molecule has 1 aromatic rings. The van der Waals surface area contributed by atoms with E-state index in [1.807, 2.05) is 0 Å². The number of anilines is 1. The lowest BCUT2D eigenvalue weighted by Crippen LogP contribution is -2.30. The fraction of sp³-hybridized carbons (Fsp3) is 0.417. The summed E-state index contributed by atoms with van der Waals surface area (Å²) < 4.78 is 6.04. The van der Waals surface area contributed by atoms with Gasteiger partial charge in [0.25, 0.3) is 5.91 Å². The van der Waals surface area contributed by atoms with E-state index in [1.54, 1.807) is 12.1 Å². The molecule has 0 unspecified atom stereocenters. The van der Waals surface area contributed by atoms with Crippen LogP contribution >= 0.6 is 27.5 Å². The molecule has 1 amide bonds. The second kappa shape index (κ2) is 5.80. The van der Waals surface area contributed by atoms with Crippen molar-refractivity contribution in [2.45, 2.75) is 12.8 Å². The van der Waals surface area contributed by atoms with Crippen molar-refractivity contribution in [2.24, 2.45) is 5.92 Å². The number of hydrogen-bond donors (Lipinski definition) is 2. The van der Waals surface area contributed by atoms with Gasteiger partial charge in [0.2, 0.25) is 0 Å². The average Bonchev–Trinajstić information content (AvgIpc) is 3.08. The van der Waals surface area contributed by atoms with Gasteiger partial charge in [0.15, 0.2) is 12.4 Å². The molecule has 1 fully saturated rings. The highest BCUT2D eigenvalue weighted by Crippen LogP contribution is 2.34. The number of benzene rings is 1. The molecule has 1 aromatic carbocycles. The molecule has 0 aliphatic heterocycles. The van der Waals surface area contributed by atoms with Crippen molar-refractivity contribution in [3.63, 3.8) is 0 Å². The Labute approximate surface area is 119 Å². The molecule has 18 heavy (non-hydrogen) atoms. The maximum Gasteiger partial charge on any atom is 0.257 e. The molecule has 1 aliphatic carbocycles. The first-order valence-electron chi connectivity index (χ1n) is 5.70. The molecule has 3 N–H and O–H groups in total. The second-order valence-corrected chi connectivity index (χ2v) is 5.63. The van der Waals surface area contributed by atoms with Gasteiger partial charge in [-0.05, 0) is 46.8 Å². The number of halogens is 2. The maximum absolute atomic E-state index is 11.5. The summed E-state index contributed by atoms with van der Waals surface area (Å²) >= 11 is 9.13. The molecule has 0 bridgehead atoms. The minimum Gasteiger partial charge on any atom is -0.480 e. The molecule has 0 aromatic heterocycles. The van der Waals surface area contributed by atoms with E-state index < -0.39 is 0 Å². The van der Waals surface area contributed by atoms with Crippen molar-refractivity contribution in [3.8, 4) is 5.75 Å². The molecule has 98 valence electrons. The van der Waals surface area contributed by atoms with Gasteiger partial charge < -0.3 is 15.8 Å². The van der Waals surface area contributed by atoms with Crippen molar-refractivity contribution in [1.82, 2.24) is 5.32 Å². The average molecular weight is 334 g/mol.